The summed E-state index contributed by atoms with van der Waals surface area (Å²) in [5.74, 6) is 1.03. The summed E-state index contributed by atoms with van der Waals surface area (Å²) in [6.07, 6.45) is 0.813. The largest absolute Gasteiger partial charge is 0.296 e. The first-order chi connectivity index (χ1) is 24.2. The van der Waals surface area contributed by atoms with Crippen molar-refractivity contribution in [1.82, 2.24) is 14.5 Å². The summed E-state index contributed by atoms with van der Waals surface area (Å²) >= 11 is 0. The molecule has 0 spiro atoms. The van der Waals surface area contributed by atoms with Gasteiger partial charge in [-0.25, -0.2) is 9.97 Å². The van der Waals surface area contributed by atoms with Crippen LogP contribution in [-0.4, -0.2) is 14.5 Å². The quantitative estimate of drug-likeness (QED) is 0.172. The number of rotatable bonds is 6. The number of hydrogen-bond acceptors (Lipinski definition) is 2. The minimum absolute atomic E-state index is 0.813. The molecule has 2 aromatic heterocycles. The van der Waals surface area contributed by atoms with Gasteiger partial charge in [0, 0.05) is 23.2 Å². The maximum Gasteiger partial charge on any atom is 0.114 e. The van der Waals surface area contributed by atoms with Gasteiger partial charge in [0.25, 0.3) is 0 Å². The molecule has 0 aliphatic heterocycles. The number of aryl methyl sites for hydroxylation is 1. The fraction of sp³-hybridized carbons (Fsp3) is 0.0435. The SMILES string of the molecule is CCc1nc2ccccc2n1-c1cc(-c2cc(-c3ccccc3)cc(-c3ccccc3)n2)cc(-c2cc3ccccc3c3ccccc23)c1. The summed E-state index contributed by atoms with van der Waals surface area (Å²) in [6.45, 7) is 2.18. The van der Waals surface area contributed by atoms with E-state index in [0.717, 1.165) is 68.2 Å². The lowest BCUT2D eigenvalue weighted by Crippen LogP contribution is -2.02. The molecule has 9 rings (SSSR count). The average molecular weight is 628 g/mol. The van der Waals surface area contributed by atoms with Gasteiger partial charge in [0.2, 0.25) is 0 Å². The summed E-state index contributed by atoms with van der Waals surface area (Å²) < 4.78 is 2.32. The van der Waals surface area contributed by atoms with Crippen LogP contribution in [-0.2, 0) is 6.42 Å². The molecule has 9 aromatic rings. The molecule has 0 saturated heterocycles. The number of para-hydroxylation sites is 2. The molecule has 0 unspecified atom stereocenters. The first-order valence-electron chi connectivity index (χ1n) is 16.9. The first-order valence-corrected chi connectivity index (χ1v) is 16.9. The van der Waals surface area contributed by atoms with Crippen molar-refractivity contribution in [2.24, 2.45) is 0 Å². The fourth-order valence-corrected chi connectivity index (χ4v) is 7.17. The summed E-state index contributed by atoms with van der Waals surface area (Å²) in [7, 11) is 0. The number of fused-ring (bicyclic) bond motifs is 4. The molecule has 3 nitrogen and oxygen atoms in total. The number of nitrogens with zero attached hydrogens (tertiary/aromatic N) is 3. The molecule has 0 saturated carbocycles. The van der Waals surface area contributed by atoms with E-state index in [0.29, 0.717) is 0 Å². The summed E-state index contributed by atoms with van der Waals surface area (Å²) in [6, 6.07) is 60.6. The average Bonchev–Trinajstić information content (AvgIpc) is 3.57. The molecule has 3 heteroatoms. The Morgan fingerprint density at radius 3 is 1.84 bits per heavy atom. The van der Waals surface area contributed by atoms with E-state index in [-0.39, 0.29) is 0 Å². The third-order valence-corrected chi connectivity index (χ3v) is 9.50. The van der Waals surface area contributed by atoms with Crippen LogP contribution in [0.4, 0.5) is 0 Å². The van der Waals surface area contributed by atoms with Crippen LogP contribution in [0.25, 0.3) is 83.0 Å². The molecule has 0 bridgehead atoms. The van der Waals surface area contributed by atoms with E-state index in [4.69, 9.17) is 9.97 Å². The lowest BCUT2D eigenvalue weighted by Gasteiger charge is -2.17. The number of aromatic nitrogens is 3. The monoisotopic (exact) mass is 627 g/mol. The van der Waals surface area contributed by atoms with Gasteiger partial charge in [-0.2, -0.15) is 0 Å². The van der Waals surface area contributed by atoms with E-state index in [2.05, 4.69) is 181 Å². The molecule has 0 aliphatic rings. The highest BCUT2D eigenvalue weighted by molar-refractivity contribution is 6.14. The zero-order valence-electron chi connectivity index (χ0n) is 27.2. The van der Waals surface area contributed by atoms with E-state index < -0.39 is 0 Å². The molecule has 0 radical (unpaired) electrons. The molecule has 0 atom stereocenters. The second-order valence-corrected chi connectivity index (χ2v) is 12.5. The van der Waals surface area contributed by atoms with Crippen LogP contribution >= 0.6 is 0 Å². The molecular weight excluding hydrogens is 595 g/mol. The Labute approximate surface area is 285 Å². The molecule has 0 fully saturated rings. The Morgan fingerprint density at radius 1 is 0.449 bits per heavy atom. The van der Waals surface area contributed by atoms with Gasteiger partial charge in [-0.05, 0) is 92.3 Å². The lowest BCUT2D eigenvalue weighted by atomic mass is 9.91. The van der Waals surface area contributed by atoms with E-state index >= 15 is 0 Å². The van der Waals surface area contributed by atoms with E-state index in [1.165, 1.54) is 27.1 Å². The normalized spacial score (nSPS) is 11.4. The standard InChI is InChI=1S/C46H33N3/c1-2-46-48-42-23-13-14-24-45(42)49(46)37-26-35(41-28-33-19-9-10-20-38(33)39-21-11-12-22-40(39)41)25-36(27-37)44-30-34(31-15-5-3-6-16-31)29-43(47-44)32-17-7-4-8-18-32/h3-30H,2H2,1H3. The molecular formula is C46H33N3. The van der Waals surface area contributed by atoms with Crippen molar-refractivity contribution < 1.29 is 0 Å². The second kappa shape index (κ2) is 12.0. The van der Waals surface area contributed by atoms with Crippen molar-refractivity contribution in [2.45, 2.75) is 13.3 Å². The van der Waals surface area contributed by atoms with Gasteiger partial charge in [-0.15, -0.1) is 0 Å². The number of hydrogen-bond donors (Lipinski definition) is 0. The van der Waals surface area contributed by atoms with E-state index in [1.54, 1.807) is 0 Å². The van der Waals surface area contributed by atoms with Crippen molar-refractivity contribution in [3.63, 3.8) is 0 Å². The van der Waals surface area contributed by atoms with Crippen molar-refractivity contribution in [2.75, 3.05) is 0 Å². The van der Waals surface area contributed by atoms with Crippen LogP contribution in [0.5, 0.6) is 0 Å². The number of imidazole rings is 1. The minimum atomic E-state index is 0.813. The maximum atomic E-state index is 5.35. The molecule has 2 heterocycles. The third kappa shape index (κ3) is 5.17. The molecule has 232 valence electrons. The van der Waals surface area contributed by atoms with Gasteiger partial charge in [0.1, 0.15) is 5.82 Å². The Hall–Kier alpha value is -6.32. The highest BCUT2D eigenvalue weighted by atomic mass is 15.1. The highest BCUT2D eigenvalue weighted by Crippen LogP contribution is 2.39. The second-order valence-electron chi connectivity index (χ2n) is 12.5. The van der Waals surface area contributed by atoms with Crippen LogP contribution in [0.15, 0.2) is 170 Å². The third-order valence-electron chi connectivity index (χ3n) is 9.50. The van der Waals surface area contributed by atoms with Crippen molar-refractivity contribution in [1.29, 1.82) is 0 Å². The van der Waals surface area contributed by atoms with Gasteiger partial charge < -0.3 is 0 Å². The molecule has 7 aromatic carbocycles. The molecule has 0 amide bonds. The zero-order chi connectivity index (χ0) is 32.7. The number of benzene rings is 7. The van der Waals surface area contributed by atoms with Crippen LogP contribution in [0.2, 0.25) is 0 Å². The molecule has 0 aliphatic carbocycles. The van der Waals surface area contributed by atoms with Gasteiger partial charge in [-0.3, -0.25) is 4.57 Å². The van der Waals surface area contributed by atoms with Gasteiger partial charge in [-0.1, -0.05) is 128 Å². The molecule has 0 N–H and O–H groups in total. The first kappa shape index (κ1) is 28.9. The van der Waals surface area contributed by atoms with Crippen LogP contribution in [0, 0.1) is 0 Å². The number of pyridine rings is 1. The smallest absolute Gasteiger partial charge is 0.114 e. The minimum Gasteiger partial charge on any atom is -0.296 e. The van der Waals surface area contributed by atoms with Crippen molar-refractivity contribution in [3.05, 3.63) is 176 Å². The van der Waals surface area contributed by atoms with E-state index in [1.807, 2.05) is 0 Å². The van der Waals surface area contributed by atoms with E-state index in [9.17, 15) is 0 Å². The Bertz CT molecular complexity index is 2580. The van der Waals surface area contributed by atoms with Crippen molar-refractivity contribution in [3.8, 4) is 50.5 Å². The van der Waals surface area contributed by atoms with Gasteiger partial charge in [0.05, 0.1) is 22.4 Å². The Kier molecular flexibility index (Phi) is 7.09. The predicted molar refractivity (Wildman–Crippen MR) is 205 cm³/mol. The lowest BCUT2D eigenvalue weighted by molar-refractivity contribution is 0.908. The highest BCUT2D eigenvalue weighted by Gasteiger charge is 2.17. The van der Waals surface area contributed by atoms with Gasteiger partial charge >= 0.3 is 0 Å². The molecule has 49 heavy (non-hydrogen) atoms. The Balaban J connectivity index is 1.36. The van der Waals surface area contributed by atoms with Crippen molar-refractivity contribution >= 4 is 32.6 Å². The summed E-state index contributed by atoms with van der Waals surface area (Å²) in [5.41, 5.74) is 11.8. The predicted octanol–water partition coefficient (Wildman–Crippen LogP) is 12.0. The van der Waals surface area contributed by atoms with Crippen LogP contribution in [0.1, 0.15) is 12.7 Å². The van der Waals surface area contributed by atoms with Crippen LogP contribution < -0.4 is 0 Å². The maximum absolute atomic E-state index is 5.35. The fourth-order valence-electron chi connectivity index (χ4n) is 7.17. The Morgan fingerprint density at radius 2 is 1.06 bits per heavy atom. The topological polar surface area (TPSA) is 30.7 Å². The summed E-state index contributed by atoms with van der Waals surface area (Å²) in [4.78, 5) is 10.4. The summed E-state index contributed by atoms with van der Waals surface area (Å²) in [5, 5.41) is 4.96. The van der Waals surface area contributed by atoms with Gasteiger partial charge in [0.15, 0.2) is 0 Å². The zero-order valence-corrected chi connectivity index (χ0v) is 27.2. The van der Waals surface area contributed by atoms with Crippen LogP contribution in [0.3, 0.4) is 0 Å².